The predicted molar refractivity (Wildman–Crippen MR) is 123 cm³/mol. The molecule has 2 aromatic carbocycles. The van der Waals surface area contributed by atoms with Crippen molar-refractivity contribution in [3.05, 3.63) is 60.7 Å². The van der Waals surface area contributed by atoms with Crippen LogP contribution in [-0.2, 0) is 29.3 Å². The van der Waals surface area contributed by atoms with Crippen LogP contribution in [0.3, 0.4) is 0 Å². The maximum Gasteiger partial charge on any atom is 0.185 e. The molecular formula is C21H28ClNO6S2. The number of sulfone groups is 2. The van der Waals surface area contributed by atoms with Crippen molar-refractivity contribution in [2.45, 2.75) is 29.6 Å². The highest BCUT2D eigenvalue weighted by molar-refractivity contribution is 7.92. The molecule has 0 fully saturated rings. The third-order valence-electron chi connectivity index (χ3n) is 3.81. The lowest BCUT2D eigenvalue weighted by Gasteiger charge is -2.02. The number of carbonyl (C=O) groups excluding carboxylic acids is 2. The fourth-order valence-corrected chi connectivity index (χ4v) is 5.02. The Balaban J connectivity index is 0.000000562. The number of hydrogen-bond donors (Lipinski definition) is 1. The number of carbonyl (C=O) groups is 2. The molecule has 0 aliphatic carbocycles. The summed E-state index contributed by atoms with van der Waals surface area (Å²) >= 11 is 0. The Kier molecular flexibility index (Phi) is 13.1. The quantitative estimate of drug-likeness (QED) is 0.545. The van der Waals surface area contributed by atoms with E-state index < -0.39 is 25.4 Å². The molecule has 2 aromatic rings. The van der Waals surface area contributed by atoms with Gasteiger partial charge in [-0.3, -0.25) is 9.59 Å². The van der Waals surface area contributed by atoms with Gasteiger partial charge in [0.1, 0.15) is 17.3 Å². The highest BCUT2D eigenvalue weighted by atomic mass is 35.5. The molecule has 0 heterocycles. The number of benzene rings is 2. The topological polar surface area (TPSA) is 114 Å². The minimum atomic E-state index is -3.47. The van der Waals surface area contributed by atoms with Gasteiger partial charge in [0.2, 0.25) is 0 Å². The molecule has 0 saturated heterocycles. The molecule has 0 unspecified atom stereocenters. The molecule has 0 amide bonds. The van der Waals surface area contributed by atoms with Crippen LogP contribution in [0.1, 0.15) is 19.8 Å². The Morgan fingerprint density at radius 2 is 1.13 bits per heavy atom. The summed E-state index contributed by atoms with van der Waals surface area (Å²) in [5.41, 5.74) is 0. The highest BCUT2D eigenvalue weighted by Gasteiger charge is 2.18. The van der Waals surface area contributed by atoms with E-state index in [1.807, 2.05) is 6.92 Å². The Morgan fingerprint density at radius 1 is 0.742 bits per heavy atom. The summed E-state index contributed by atoms with van der Waals surface area (Å²) in [6.45, 7) is 1.93. The molecule has 0 radical (unpaired) electrons. The van der Waals surface area contributed by atoms with Crippen molar-refractivity contribution < 1.29 is 26.4 Å². The zero-order chi connectivity index (χ0) is 22.6. The van der Waals surface area contributed by atoms with Gasteiger partial charge in [-0.1, -0.05) is 43.3 Å². The van der Waals surface area contributed by atoms with E-state index in [1.54, 1.807) is 43.4 Å². The molecular weight excluding hydrogens is 462 g/mol. The average Bonchev–Trinajstić information content (AvgIpc) is 2.69. The van der Waals surface area contributed by atoms with Gasteiger partial charge in [-0.05, 0) is 37.7 Å². The van der Waals surface area contributed by atoms with Crippen LogP contribution in [0.4, 0.5) is 0 Å². The molecule has 0 atom stereocenters. The monoisotopic (exact) mass is 489 g/mol. The van der Waals surface area contributed by atoms with E-state index in [0.29, 0.717) is 12.8 Å². The Morgan fingerprint density at radius 3 is 1.48 bits per heavy atom. The molecule has 172 valence electrons. The van der Waals surface area contributed by atoms with E-state index in [1.165, 1.54) is 24.3 Å². The van der Waals surface area contributed by atoms with Crippen molar-refractivity contribution in [3.63, 3.8) is 0 Å². The van der Waals surface area contributed by atoms with Crippen molar-refractivity contribution in [2.24, 2.45) is 0 Å². The number of likely N-dealkylation sites (N-methyl/N-ethyl adjacent to an activating group) is 1. The summed E-state index contributed by atoms with van der Waals surface area (Å²) in [6, 6.07) is 16.0. The fraction of sp³-hybridized carbons (Fsp3) is 0.333. The highest BCUT2D eigenvalue weighted by Crippen LogP contribution is 2.11. The number of ketones is 2. The maximum absolute atomic E-state index is 11.7. The molecule has 0 saturated carbocycles. The summed E-state index contributed by atoms with van der Waals surface area (Å²) in [7, 11) is -5.30. The van der Waals surface area contributed by atoms with Gasteiger partial charge in [-0.2, -0.15) is 0 Å². The first-order chi connectivity index (χ1) is 14.1. The van der Waals surface area contributed by atoms with Crippen LogP contribution >= 0.6 is 12.4 Å². The van der Waals surface area contributed by atoms with Crippen LogP contribution in [0.5, 0.6) is 0 Å². The van der Waals surface area contributed by atoms with Gasteiger partial charge in [0.05, 0.1) is 16.3 Å². The van der Waals surface area contributed by atoms with E-state index >= 15 is 0 Å². The number of nitrogens with one attached hydrogen (secondary N) is 1. The first kappa shape index (κ1) is 28.9. The molecule has 10 heteroatoms. The summed E-state index contributed by atoms with van der Waals surface area (Å²) < 4.78 is 46.7. The Bertz CT molecular complexity index is 939. The molecule has 0 aliphatic heterocycles. The van der Waals surface area contributed by atoms with Crippen molar-refractivity contribution in [3.8, 4) is 0 Å². The molecule has 31 heavy (non-hydrogen) atoms. The van der Waals surface area contributed by atoms with E-state index in [9.17, 15) is 26.4 Å². The second-order valence-corrected chi connectivity index (χ2v) is 10.5. The molecule has 0 aromatic heterocycles. The summed E-state index contributed by atoms with van der Waals surface area (Å²) in [5.74, 6) is -1.38. The third-order valence-corrected chi connectivity index (χ3v) is 7.19. The van der Waals surface area contributed by atoms with E-state index in [0.717, 1.165) is 0 Å². The van der Waals surface area contributed by atoms with Gasteiger partial charge in [0.15, 0.2) is 25.5 Å². The van der Waals surface area contributed by atoms with Gasteiger partial charge >= 0.3 is 0 Å². The second kappa shape index (κ2) is 14.1. The number of Topliss-reactive ketones (excluding diaryl/α,β-unsaturated/α-hetero) is 2. The first-order valence-electron chi connectivity index (χ1n) is 9.36. The lowest BCUT2D eigenvalue weighted by molar-refractivity contribution is -0.117. The van der Waals surface area contributed by atoms with Gasteiger partial charge in [0.25, 0.3) is 0 Å². The van der Waals surface area contributed by atoms with Crippen molar-refractivity contribution in [1.29, 1.82) is 0 Å². The molecule has 0 aliphatic rings. The second-order valence-electron chi connectivity index (χ2n) is 6.50. The molecule has 7 nitrogen and oxygen atoms in total. The number of halogens is 1. The zero-order valence-corrected chi connectivity index (χ0v) is 19.9. The standard InChI is InChI=1S/C11H14O3S.C10H13NO3S.ClH/c1-2-6-10(12)9-15(13,14)11-7-4-3-5-8-11;1-11-7-9(12)8-15(13,14)10-5-3-2-4-6-10;/h3-5,7-8H,2,6,9H2,1H3;2-6,11H,7-8H2,1H3;1H. The van der Waals surface area contributed by atoms with E-state index in [-0.39, 0.29) is 46.1 Å². The van der Waals surface area contributed by atoms with Crippen LogP contribution < -0.4 is 5.32 Å². The van der Waals surface area contributed by atoms with Crippen LogP contribution in [0, 0.1) is 0 Å². The minimum Gasteiger partial charge on any atom is -0.313 e. The van der Waals surface area contributed by atoms with Crippen molar-refractivity contribution >= 4 is 43.6 Å². The van der Waals surface area contributed by atoms with Crippen LogP contribution in [0.25, 0.3) is 0 Å². The van der Waals surface area contributed by atoms with Gasteiger partial charge < -0.3 is 5.32 Å². The summed E-state index contributed by atoms with van der Waals surface area (Å²) in [5, 5.41) is 2.63. The van der Waals surface area contributed by atoms with Crippen LogP contribution in [0.15, 0.2) is 70.5 Å². The lowest BCUT2D eigenvalue weighted by atomic mass is 10.3. The van der Waals surface area contributed by atoms with Gasteiger partial charge in [-0.15, -0.1) is 12.4 Å². The van der Waals surface area contributed by atoms with E-state index in [4.69, 9.17) is 0 Å². The van der Waals surface area contributed by atoms with Crippen LogP contribution in [0.2, 0.25) is 0 Å². The smallest absolute Gasteiger partial charge is 0.185 e. The number of rotatable bonds is 10. The van der Waals surface area contributed by atoms with Crippen molar-refractivity contribution in [1.82, 2.24) is 5.32 Å². The lowest BCUT2D eigenvalue weighted by Crippen LogP contribution is -2.25. The van der Waals surface area contributed by atoms with Crippen LogP contribution in [-0.4, -0.2) is 53.5 Å². The maximum atomic E-state index is 11.7. The summed E-state index contributed by atoms with van der Waals surface area (Å²) in [6.07, 6.45) is 1.01. The fourth-order valence-electron chi connectivity index (χ4n) is 2.45. The Labute approximate surface area is 190 Å². The third kappa shape index (κ3) is 10.7. The molecule has 1 N–H and O–H groups in total. The predicted octanol–water partition coefficient (Wildman–Crippen LogP) is 2.50. The Hall–Kier alpha value is -2.07. The minimum absolute atomic E-state index is 0. The normalized spacial score (nSPS) is 10.9. The molecule has 2 rings (SSSR count). The van der Waals surface area contributed by atoms with Gasteiger partial charge in [-0.25, -0.2) is 16.8 Å². The molecule has 0 bridgehead atoms. The first-order valence-corrected chi connectivity index (χ1v) is 12.7. The summed E-state index contributed by atoms with van der Waals surface area (Å²) in [4.78, 5) is 22.8. The van der Waals surface area contributed by atoms with Crippen molar-refractivity contribution in [2.75, 3.05) is 25.1 Å². The van der Waals surface area contributed by atoms with Gasteiger partial charge in [0, 0.05) is 6.42 Å². The number of hydrogen-bond acceptors (Lipinski definition) is 7. The average molecular weight is 490 g/mol. The largest absolute Gasteiger partial charge is 0.313 e. The SMILES string of the molecule is CCCC(=O)CS(=O)(=O)c1ccccc1.CNCC(=O)CS(=O)(=O)c1ccccc1.Cl. The zero-order valence-electron chi connectivity index (χ0n) is 17.5. The molecule has 0 spiro atoms. The van der Waals surface area contributed by atoms with E-state index in [2.05, 4.69) is 5.32 Å².